The number of carbonyl (C=O) groups excluding carboxylic acids is 2. The molecule has 0 saturated carbocycles. The Morgan fingerprint density at radius 1 is 0.926 bits per heavy atom. The molecule has 1 atom stereocenters. The summed E-state index contributed by atoms with van der Waals surface area (Å²) in [6.07, 6.45) is 0.327. The van der Waals surface area contributed by atoms with E-state index in [1.165, 1.54) is 7.11 Å². The summed E-state index contributed by atoms with van der Waals surface area (Å²) in [6.45, 7) is 0. The second-order valence-electron chi connectivity index (χ2n) is 6.13. The Bertz CT molecular complexity index is 945. The van der Waals surface area contributed by atoms with E-state index >= 15 is 0 Å². The summed E-state index contributed by atoms with van der Waals surface area (Å²) in [5.41, 5.74) is 1.42. The average molecular weight is 363 g/mol. The molecule has 0 bridgehead atoms. The molecule has 0 fully saturated rings. The van der Waals surface area contributed by atoms with Crippen LogP contribution in [0.5, 0.6) is 5.75 Å². The molecule has 0 radical (unpaired) electrons. The topological polar surface area (TPSA) is 64.6 Å². The van der Waals surface area contributed by atoms with Gasteiger partial charge in [-0.3, -0.25) is 4.79 Å². The van der Waals surface area contributed by atoms with E-state index in [-0.39, 0.29) is 5.91 Å². The van der Waals surface area contributed by atoms with Gasteiger partial charge in [-0.1, -0.05) is 48.5 Å². The van der Waals surface area contributed by atoms with Gasteiger partial charge in [0.2, 0.25) is 0 Å². The number of amides is 1. The minimum absolute atomic E-state index is 0.310. The molecule has 3 aromatic carbocycles. The summed E-state index contributed by atoms with van der Waals surface area (Å²) in [6, 6.07) is 19.7. The Balaban J connectivity index is 1.83. The molecule has 5 heteroatoms. The van der Waals surface area contributed by atoms with Crippen molar-refractivity contribution in [3.8, 4) is 5.75 Å². The fourth-order valence-electron chi connectivity index (χ4n) is 2.99. The van der Waals surface area contributed by atoms with Crippen LogP contribution in [-0.4, -0.2) is 32.1 Å². The Kier molecular flexibility index (Phi) is 5.71. The van der Waals surface area contributed by atoms with Crippen LogP contribution in [0.25, 0.3) is 10.8 Å². The second kappa shape index (κ2) is 8.36. The van der Waals surface area contributed by atoms with Gasteiger partial charge in [-0.05, 0) is 34.5 Å². The standard InChI is InChI=1S/C22H21NO4/c1-26-17-12-10-15(11-13-17)14-20(22(25)27-2)23-21(24)19-9-5-7-16-6-3-4-8-18(16)19/h3-13,20H,14H2,1-2H3,(H,23,24)/t20-/m1/s1. The molecule has 1 amide bonds. The van der Waals surface area contributed by atoms with Crippen molar-refractivity contribution in [2.45, 2.75) is 12.5 Å². The van der Waals surface area contributed by atoms with E-state index in [1.807, 2.05) is 60.7 Å². The molecule has 0 heterocycles. The van der Waals surface area contributed by atoms with Crippen molar-refractivity contribution in [3.63, 3.8) is 0 Å². The molecule has 0 aromatic heterocycles. The van der Waals surface area contributed by atoms with E-state index in [0.717, 1.165) is 22.1 Å². The lowest BCUT2D eigenvalue weighted by molar-refractivity contribution is -0.142. The van der Waals surface area contributed by atoms with E-state index in [0.29, 0.717) is 12.0 Å². The lowest BCUT2D eigenvalue weighted by Gasteiger charge is -2.17. The van der Waals surface area contributed by atoms with Crippen molar-refractivity contribution in [2.75, 3.05) is 14.2 Å². The first-order valence-corrected chi connectivity index (χ1v) is 8.61. The van der Waals surface area contributed by atoms with Gasteiger partial charge < -0.3 is 14.8 Å². The summed E-state index contributed by atoms with van der Waals surface area (Å²) < 4.78 is 10.0. The minimum Gasteiger partial charge on any atom is -0.497 e. The predicted octanol–water partition coefficient (Wildman–Crippen LogP) is 3.36. The van der Waals surface area contributed by atoms with Gasteiger partial charge in [-0.15, -0.1) is 0 Å². The minimum atomic E-state index is -0.783. The highest BCUT2D eigenvalue weighted by Crippen LogP contribution is 2.19. The number of benzene rings is 3. The van der Waals surface area contributed by atoms with Crippen LogP contribution in [0.4, 0.5) is 0 Å². The van der Waals surface area contributed by atoms with Crippen molar-refractivity contribution in [1.29, 1.82) is 0 Å². The maximum absolute atomic E-state index is 12.8. The van der Waals surface area contributed by atoms with Crippen molar-refractivity contribution in [1.82, 2.24) is 5.32 Å². The van der Waals surface area contributed by atoms with Gasteiger partial charge in [-0.25, -0.2) is 4.79 Å². The molecular weight excluding hydrogens is 342 g/mol. The maximum Gasteiger partial charge on any atom is 0.328 e. The molecule has 0 saturated heterocycles. The number of nitrogens with one attached hydrogen (secondary N) is 1. The van der Waals surface area contributed by atoms with Gasteiger partial charge >= 0.3 is 5.97 Å². The average Bonchev–Trinajstić information content (AvgIpc) is 2.72. The molecule has 0 aliphatic heterocycles. The monoisotopic (exact) mass is 363 g/mol. The van der Waals surface area contributed by atoms with Gasteiger partial charge in [-0.2, -0.15) is 0 Å². The Morgan fingerprint density at radius 3 is 2.33 bits per heavy atom. The number of ether oxygens (including phenoxy) is 2. The smallest absolute Gasteiger partial charge is 0.328 e. The molecular formula is C22H21NO4. The lowest BCUT2D eigenvalue weighted by atomic mass is 10.0. The van der Waals surface area contributed by atoms with Crippen molar-refractivity contribution < 1.29 is 19.1 Å². The molecule has 3 aromatic rings. The highest BCUT2D eigenvalue weighted by atomic mass is 16.5. The Hall–Kier alpha value is -3.34. The summed E-state index contributed by atoms with van der Waals surface area (Å²) in [4.78, 5) is 25.0. The zero-order valence-electron chi connectivity index (χ0n) is 15.3. The number of hydrogen-bond donors (Lipinski definition) is 1. The predicted molar refractivity (Wildman–Crippen MR) is 104 cm³/mol. The van der Waals surface area contributed by atoms with Crippen LogP contribution >= 0.6 is 0 Å². The summed E-state index contributed by atoms with van der Waals surface area (Å²) in [5, 5.41) is 4.61. The quantitative estimate of drug-likeness (QED) is 0.682. The molecule has 5 nitrogen and oxygen atoms in total. The fourth-order valence-corrected chi connectivity index (χ4v) is 2.99. The maximum atomic E-state index is 12.8. The lowest BCUT2D eigenvalue weighted by Crippen LogP contribution is -2.43. The van der Waals surface area contributed by atoms with Crippen LogP contribution in [0.3, 0.4) is 0 Å². The van der Waals surface area contributed by atoms with Gasteiger partial charge in [0.1, 0.15) is 11.8 Å². The molecule has 0 aliphatic carbocycles. The third kappa shape index (κ3) is 4.26. The first-order chi connectivity index (χ1) is 13.1. The number of methoxy groups -OCH3 is 2. The molecule has 0 aliphatic rings. The molecule has 0 unspecified atom stereocenters. The van der Waals surface area contributed by atoms with Gasteiger partial charge in [0.25, 0.3) is 5.91 Å². The van der Waals surface area contributed by atoms with E-state index in [4.69, 9.17) is 9.47 Å². The Labute approximate surface area is 157 Å². The van der Waals surface area contributed by atoms with E-state index in [2.05, 4.69) is 5.32 Å². The SMILES string of the molecule is COC(=O)[C@@H](Cc1ccc(OC)cc1)NC(=O)c1cccc2ccccc12. The summed E-state index contributed by atoms with van der Waals surface area (Å²) in [7, 11) is 2.91. The number of hydrogen-bond acceptors (Lipinski definition) is 4. The van der Waals surface area contributed by atoms with Crippen LogP contribution in [0.2, 0.25) is 0 Å². The normalized spacial score (nSPS) is 11.6. The highest BCUT2D eigenvalue weighted by Gasteiger charge is 2.23. The fraction of sp³-hybridized carbons (Fsp3) is 0.182. The van der Waals surface area contributed by atoms with Crippen LogP contribution in [-0.2, 0) is 16.0 Å². The first-order valence-electron chi connectivity index (χ1n) is 8.61. The van der Waals surface area contributed by atoms with E-state index in [1.54, 1.807) is 13.2 Å². The number of fused-ring (bicyclic) bond motifs is 1. The molecule has 1 N–H and O–H groups in total. The third-order valence-corrected chi connectivity index (χ3v) is 4.42. The number of carbonyl (C=O) groups is 2. The van der Waals surface area contributed by atoms with Crippen molar-refractivity contribution in [3.05, 3.63) is 77.9 Å². The summed E-state index contributed by atoms with van der Waals surface area (Å²) >= 11 is 0. The van der Waals surface area contributed by atoms with Crippen LogP contribution < -0.4 is 10.1 Å². The van der Waals surface area contributed by atoms with Gasteiger partial charge in [0.15, 0.2) is 0 Å². The first kappa shape index (κ1) is 18.5. The summed E-state index contributed by atoms with van der Waals surface area (Å²) in [5.74, 6) is -0.0664. The van der Waals surface area contributed by atoms with Gasteiger partial charge in [0, 0.05) is 12.0 Å². The van der Waals surface area contributed by atoms with Gasteiger partial charge in [0.05, 0.1) is 14.2 Å². The molecule has 3 rings (SSSR count). The van der Waals surface area contributed by atoms with Crippen LogP contribution in [0, 0.1) is 0 Å². The molecule has 27 heavy (non-hydrogen) atoms. The third-order valence-electron chi connectivity index (χ3n) is 4.42. The van der Waals surface area contributed by atoms with Crippen molar-refractivity contribution >= 4 is 22.6 Å². The molecule has 138 valence electrons. The van der Waals surface area contributed by atoms with Crippen LogP contribution in [0.15, 0.2) is 66.7 Å². The second-order valence-corrected chi connectivity index (χ2v) is 6.13. The number of rotatable bonds is 6. The number of esters is 1. The zero-order chi connectivity index (χ0) is 19.2. The van der Waals surface area contributed by atoms with Crippen LogP contribution in [0.1, 0.15) is 15.9 Å². The highest BCUT2D eigenvalue weighted by molar-refractivity contribution is 6.08. The van der Waals surface area contributed by atoms with Crippen molar-refractivity contribution in [2.24, 2.45) is 0 Å². The Morgan fingerprint density at radius 2 is 1.63 bits per heavy atom. The van der Waals surface area contributed by atoms with E-state index < -0.39 is 12.0 Å². The zero-order valence-corrected chi connectivity index (χ0v) is 15.3. The van der Waals surface area contributed by atoms with E-state index in [9.17, 15) is 9.59 Å². The molecule has 0 spiro atoms. The largest absolute Gasteiger partial charge is 0.497 e.